The van der Waals surface area contributed by atoms with E-state index in [1.807, 2.05) is 43.5 Å². The van der Waals surface area contributed by atoms with Gasteiger partial charge in [-0.2, -0.15) is 0 Å². The van der Waals surface area contributed by atoms with Gasteiger partial charge in [-0.3, -0.25) is 4.99 Å². The van der Waals surface area contributed by atoms with Crippen molar-refractivity contribution in [2.24, 2.45) is 4.99 Å². The normalized spacial score (nSPS) is 11.1. The Kier molecular flexibility index (Phi) is 2.68. The van der Waals surface area contributed by atoms with Crippen LogP contribution in [-0.2, 0) is 0 Å². The molecule has 0 bridgehead atoms. The zero-order chi connectivity index (χ0) is 10.7. The summed E-state index contributed by atoms with van der Waals surface area (Å²) >= 11 is 0. The molecule has 0 atom stereocenters. The van der Waals surface area contributed by atoms with Crippen LogP contribution in [0.2, 0.25) is 0 Å². The highest BCUT2D eigenvalue weighted by Crippen LogP contribution is 2.12. The molecule has 2 aromatic rings. The van der Waals surface area contributed by atoms with Crippen LogP contribution in [0, 0.1) is 13.8 Å². The SMILES string of the molecule is Cc1cc(C=Nc2ccccc2)c(C)[nH]1. The molecular formula is C13H14N2. The average Bonchev–Trinajstić information content (AvgIpc) is 2.56. The van der Waals surface area contributed by atoms with Crippen molar-refractivity contribution in [3.8, 4) is 0 Å². The van der Waals surface area contributed by atoms with Crippen molar-refractivity contribution in [3.05, 3.63) is 53.3 Å². The van der Waals surface area contributed by atoms with Crippen LogP contribution in [0.4, 0.5) is 5.69 Å². The number of aryl methyl sites for hydroxylation is 2. The molecule has 0 aliphatic rings. The van der Waals surface area contributed by atoms with E-state index in [-0.39, 0.29) is 0 Å². The maximum atomic E-state index is 4.41. The van der Waals surface area contributed by atoms with Crippen molar-refractivity contribution in [1.29, 1.82) is 0 Å². The van der Waals surface area contributed by atoms with Gasteiger partial charge in [0, 0.05) is 23.2 Å². The van der Waals surface area contributed by atoms with Gasteiger partial charge in [0.1, 0.15) is 0 Å². The van der Waals surface area contributed by atoms with E-state index in [0.717, 1.165) is 16.9 Å². The van der Waals surface area contributed by atoms with Crippen molar-refractivity contribution in [3.63, 3.8) is 0 Å². The molecule has 0 unspecified atom stereocenters. The third-order valence-corrected chi connectivity index (χ3v) is 2.30. The summed E-state index contributed by atoms with van der Waals surface area (Å²) in [4.78, 5) is 7.66. The molecule has 2 rings (SSSR count). The molecule has 76 valence electrons. The van der Waals surface area contributed by atoms with Crippen LogP contribution in [0.3, 0.4) is 0 Å². The second kappa shape index (κ2) is 4.13. The minimum atomic E-state index is 0.982. The van der Waals surface area contributed by atoms with Gasteiger partial charge in [-0.1, -0.05) is 18.2 Å². The molecule has 2 nitrogen and oxygen atoms in total. The van der Waals surface area contributed by atoms with Crippen LogP contribution < -0.4 is 0 Å². The first-order chi connectivity index (χ1) is 7.25. The van der Waals surface area contributed by atoms with Crippen molar-refractivity contribution in [1.82, 2.24) is 4.98 Å². The molecule has 0 amide bonds. The number of para-hydroxylation sites is 1. The molecule has 0 aliphatic carbocycles. The molecular weight excluding hydrogens is 184 g/mol. The van der Waals surface area contributed by atoms with E-state index >= 15 is 0 Å². The molecule has 0 spiro atoms. The predicted octanol–water partition coefficient (Wildman–Crippen LogP) is 3.38. The van der Waals surface area contributed by atoms with Crippen molar-refractivity contribution in [2.45, 2.75) is 13.8 Å². The second-order valence-corrected chi connectivity index (χ2v) is 3.63. The minimum Gasteiger partial charge on any atom is -0.362 e. The molecule has 0 aliphatic heterocycles. The Balaban J connectivity index is 2.22. The summed E-state index contributed by atoms with van der Waals surface area (Å²) < 4.78 is 0. The third-order valence-electron chi connectivity index (χ3n) is 2.30. The second-order valence-electron chi connectivity index (χ2n) is 3.63. The highest BCUT2D eigenvalue weighted by atomic mass is 14.7. The molecule has 0 saturated carbocycles. The molecule has 1 N–H and O–H groups in total. The number of nitrogens with one attached hydrogen (secondary N) is 1. The van der Waals surface area contributed by atoms with Gasteiger partial charge in [0.25, 0.3) is 0 Å². The summed E-state index contributed by atoms with van der Waals surface area (Å²) in [6.45, 7) is 4.10. The van der Waals surface area contributed by atoms with Gasteiger partial charge in [-0.05, 0) is 32.0 Å². The van der Waals surface area contributed by atoms with E-state index < -0.39 is 0 Å². The lowest BCUT2D eigenvalue weighted by atomic mass is 10.2. The first-order valence-electron chi connectivity index (χ1n) is 5.01. The summed E-state index contributed by atoms with van der Waals surface area (Å²) in [5, 5.41) is 0. The van der Waals surface area contributed by atoms with Gasteiger partial charge in [-0.25, -0.2) is 0 Å². The molecule has 0 radical (unpaired) electrons. The van der Waals surface area contributed by atoms with Crippen LogP contribution in [-0.4, -0.2) is 11.2 Å². The maximum Gasteiger partial charge on any atom is 0.0629 e. The van der Waals surface area contributed by atoms with Crippen molar-refractivity contribution < 1.29 is 0 Å². The lowest BCUT2D eigenvalue weighted by Crippen LogP contribution is -1.80. The Bertz CT molecular complexity index is 467. The van der Waals surface area contributed by atoms with Crippen LogP contribution in [0.5, 0.6) is 0 Å². The molecule has 1 heterocycles. The highest BCUT2D eigenvalue weighted by molar-refractivity contribution is 5.83. The van der Waals surface area contributed by atoms with E-state index in [1.165, 1.54) is 5.69 Å². The van der Waals surface area contributed by atoms with Gasteiger partial charge in [0.15, 0.2) is 0 Å². The smallest absolute Gasteiger partial charge is 0.0629 e. The number of H-pyrrole nitrogens is 1. The first-order valence-corrected chi connectivity index (χ1v) is 5.01. The van der Waals surface area contributed by atoms with Crippen molar-refractivity contribution in [2.75, 3.05) is 0 Å². The van der Waals surface area contributed by atoms with Crippen LogP contribution in [0.25, 0.3) is 0 Å². The fraction of sp³-hybridized carbons (Fsp3) is 0.154. The Labute approximate surface area is 89.7 Å². The van der Waals surface area contributed by atoms with Gasteiger partial charge < -0.3 is 4.98 Å². The fourth-order valence-electron chi connectivity index (χ4n) is 1.54. The highest BCUT2D eigenvalue weighted by Gasteiger charge is 1.97. The molecule has 0 fully saturated rings. The third kappa shape index (κ3) is 2.34. The molecule has 2 heteroatoms. The van der Waals surface area contributed by atoms with E-state index in [0.29, 0.717) is 0 Å². The number of hydrogen-bond donors (Lipinski definition) is 1. The number of aromatic amines is 1. The standard InChI is InChI=1S/C13H14N2/c1-10-8-12(11(2)15-10)9-14-13-6-4-3-5-7-13/h3-9,15H,1-2H3. The molecule has 15 heavy (non-hydrogen) atoms. The van der Waals surface area contributed by atoms with E-state index in [4.69, 9.17) is 0 Å². The van der Waals surface area contributed by atoms with Gasteiger partial charge >= 0.3 is 0 Å². The van der Waals surface area contributed by atoms with Crippen molar-refractivity contribution >= 4 is 11.9 Å². The lowest BCUT2D eigenvalue weighted by molar-refractivity contribution is 1.19. The van der Waals surface area contributed by atoms with Gasteiger partial charge in [0.2, 0.25) is 0 Å². The summed E-state index contributed by atoms with van der Waals surface area (Å²) in [6.07, 6.45) is 1.90. The quantitative estimate of drug-likeness (QED) is 0.716. The number of benzene rings is 1. The van der Waals surface area contributed by atoms with Gasteiger partial charge in [0.05, 0.1) is 5.69 Å². The number of hydrogen-bond acceptors (Lipinski definition) is 1. The zero-order valence-corrected chi connectivity index (χ0v) is 8.99. The fourth-order valence-corrected chi connectivity index (χ4v) is 1.54. The van der Waals surface area contributed by atoms with Crippen LogP contribution >= 0.6 is 0 Å². The van der Waals surface area contributed by atoms with Crippen LogP contribution in [0.1, 0.15) is 17.0 Å². The number of rotatable bonds is 2. The van der Waals surface area contributed by atoms with E-state index in [1.54, 1.807) is 0 Å². The van der Waals surface area contributed by atoms with Gasteiger partial charge in [-0.15, -0.1) is 0 Å². The summed E-state index contributed by atoms with van der Waals surface area (Å²) in [5.41, 5.74) is 4.46. The van der Waals surface area contributed by atoms with Crippen LogP contribution in [0.15, 0.2) is 41.4 Å². The topological polar surface area (TPSA) is 28.1 Å². The minimum absolute atomic E-state index is 0.982. The number of nitrogens with zero attached hydrogens (tertiary/aromatic N) is 1. The largest absolute Gasteiger partial charge is 0.362 e. The summed E-state index contributed by atoms with van der Waals surface area (Å²) in [6, 6.07) is 12.0. The lowest BCUT2D eigenvalue weighted by Gasteiger charge is -1.91. The molecule has 1 aromatic heterocycles. The number of aromatic nitrogens is 1. The maximum absolute atomic E-state index is 4.41. The Morgan fingerprint density at radius 1 is 1.13 bits per heavy atom. The number of aliphatic imine (C=N–C) groups is 1. The average molecular weight is 198 g/mol. The predicted molar refractivity (Wildman–Crippen MR) is 64.0 cm³/mol. The molecule has 0 saturated heterocycles. The summed E-state index contributed by atoms with van der Waals surface area (Å²) in [5.74, 6) is 0. The van der Waals surface area contributed by atoms with E-state index in [2.05, 4.69) is 23.0 Å². The first kappa shape index (κ1) is 9.71. The summed E-state index contributed by atoms with van der Waals surface area (Å²) in [7, 11) is 0. The van der Waals surface area contributed by atoms with E-state index in [9.17, 15) is 0 Å². The zero-order valence-electron chi connectivity index (χ0n) is 8.99. The Morgan fingerprint density at radius 2 is 1.87 bits per heavy atom. The Morgan fingerprint density at radius 3 is 2.47 bits per heavy atom. The monoisotopic (exact) mass is 198 g/mol. The molecule has 1 aromatic carbocycles. The Hall–Kier alpha value is -1.83.